The van der Waals surface area contributed by atoms with E-state index in [4.69, 9.17) is 9.47 Å². The van der Waals surface area contributed by atoms with Gasteiger partial charge >= 0.3 is 0 Å². The van der Waals surface area contributed by atoms with Crippen LogP contribution in [0.25, 0.3) is 6.08 Å². The summed E-state index contributed by atoms with van der Waals surface area (Å²) in [6, 6.07) is 8.23. The Hall–Kier alpha value is -1.54. The molecule has 0 spiro atoms. The maximum Gasteiger partial charge on any atom is 0.121 e. The summed E-state index contributed by atoms with van der Waals surface area (Å²) in [6.45, 7) is 5.03. The zero-order valence-corrected chi connectivity index (χ0v) is 9.97. The number of allylic oxidation sites excluding steroid dienone is 1. The van der Waals surface area contributed by atoms with E-state index in [1.807, 2.05) is 24.3 Å². The van der Waals surface area contributed by atoms with Crippen LogP contribution in [0.4, 0.5) is 0 Å². The van der Waals surface area contributed by atoms with Crippen LogP contribution in [0.3, 0.4) is 0 Å². The second-order valence-corrected chi connectivity index (χ2v) is 4.17. The molecule has 0 bridgehead atoms. The van der Waals surface area contributed by atoms with Crippen LogP contribution < -0.4 is 0 Å². The Balaban J connectivity index is 1.73. The quantitative estimate of drug-likeness (QED) is 0.770. The second kappa shape index (κ2) is 6.26. The van der Waals surface area contributed by atoms with Crippen LogP contribution in [0, 0.1) is 0 Å². The first kappa shape index (κ1) is 11.9. The predicted octanol–water partition coefficient (Wildman–Crippen LogP) is 3.54. The van der Waals surface area contributed by atoms with Gasteiger partial charge in [0.15, 0.2) is 0 Å². The first-order chi connectivity index (χ1) is 8.38. The summed E-state index contributed by atoms with van der Waals surface area (Å²) in [7, 11) is 0. The van der Waals surface area contributed by atoms with E-state index in [1.54, 1.807) is 6.26 Å². The van der Waals surface area contributed by atoms with Crippen molar-refractivity contribution in [1.82, 2.24) is 0 Å². The Kier molecular flexibility index (Phi) is 4.39. The minimum atomic E-state index is 0.215. The third kappa shape index (κ3) is 3.75. The molecule has 1 aromatic rings. The van der Waals surface area contributed by atoms with Gasteiger partial charge in [0.1, 0.15) is 6.10 Å². The summed E-state index contributed by atoms with van der Waals surface area (Å²) in [5, 5.41) is 0. The first-order valence-electron chi connectivity index (χ1n) is 5.98. The van der Waals surface area contributed by atoms with Crippen molar-refractivity contribution in [2.45, 2.75) is 25.6 Å². The Bertz CT molecular complexity index is 378. The topological polar surface area (TPSA) is 18.5 Å². The second-order valence-electron chi connectivity index (χ2n) is 4.17. The smallest absolute Gasteiger partial charge is 0.121 e. The molecule has 0 N–H and O–H groups in total. The van der Waals surface area contributed by atoms with Crippen molar-refractivity contribution in [3.05, 3.63) is 54.3 Å². The van der Waals surface area contributed by atoms with Crippen LogP contribution >= 0.6 is 0 Å². The molecule has 0 amide bonds. The van der Waals surface area contributed by atoms with Gasteiger partial charge in [0.2, 0.25) is 0 Å². The molecule has 2 rings (SSSR count). The van der Waals surface area contributed by atoms with Crippen LogP contribution in [0.2, 0.25) is 0 Å². The highest BCUT2D eigenvalue weighted by Gasteiger charge is 2.10. The lowest BCUT2D eigenvalue weighted by Gasteiger charge is -2.19. The molecule has 1 atom stereocenters. The first-order valence-corrected chi connectivity index (χ1v) is 5.98. The van der Waals surface area contributed by atoms with Gasteiger partial charge in [0.25, 0.3) is 0 Å². The van der Waals surface area contributed by atoms with Crippen LogP contribution in [-0.2, 0) is 16.1 Å². The lowest BCUT2D eigenvalue weighted by Crippen LogP contribution is -2.19. The van der Waals surface area contributed by atoms with E-state index in [0.717, 1.165) is 18.4 Å². The van der Waals surface area contributed by atoms with Gasteiger partial charge in [0.05, 0.1) is 19.5 Å². The van der Waals surface area contributed by atoms with Gasteiger partial charge in [-0.15, -0.1) is 0 Å². The fraction of sp³-hybridized carbons (Fsp3) is 0.333. The molecule has 0 saturated heterocycles. The summed E-state index contributed by atoms with van der Waals surface area (Å²) in [5.74, 6) is 0. The van der Waals surface area contributed by atoms with Gasteiger partial charge in [0, 0.05) is 0 Å². The van der Waals surface area contributed by atoms with Crippen LogP contribution in [0.1, 0.15) is 24.0 Å². The van der Waals surface area contributed by atoms with Crippen LogP contribution in [-0.4, -0.2) is 12.7 Å². The van der Waals surface area contributed by atoms with E-state index >= 15 is 0 Å². The number of ether oxygens (including phenoxy) is 2. The fourth-order valence-corrected chi connectivity index (χ4v) is 1.77. The van der Waals surface area contributed by atoms with Crippen molar-refractivity contribution in [2.75, 3.05) is 6.61 Å². The summed E-state index contributed by atoms with van der Waals surface area (Å²) < 4.78 is 11.1. The molecule has 0 aliphatic carbocycles. The molecule has 1 aromatic carbocycles. The summed E-state index contributed by atoms with van der Waals surface area (Å²) in [5.41, 5.74) is 2.32. The molecule has 0 fully saturated rings. The molecule has 0 saturated carbocycles. The van der Waals surface area contributed by atoms with E-state index in [-0.39, 0.29) is 6.10 Å². The molecule has 0 aromatic heterocycles. The zero-order valence-electron chi connectivity index (χ0n) is 9.97. The predicted molar refractivity (Wildman–Crippen MR) is 69.4 cm³/mol. The van der Waals surface area contributed by atoms with Crippen molar-refractivity contribution in [3.63, 3.8) is 0 Å². The van der Waals surface area contributed by atoms with E-state index in [2.05, 4.69) is 18.7 Å². The van der Waals surface area contributed by atoms with Gasteiger partial charge < -0.3 is 9.47 Å². The average molecular weight is 230 g/mol. The van der Waals surface area contributed by atoms with E-state index in [1.165, 1.54) is 5.56 Å². The van der Waals surface area contributed by atoms with E-state index in [0.29, 0.717) is 13.2 Å². The van der Waals surface area contributed by atoms with Crippen molar-refractivity contribution in [1.29, 1.82) is 0 Å². The van der Waals surface area contributed by atoms with Crippen molar-refractivity contribution in [2.24, 2.45) is 0 Å². The lowest BCUT2D eigenvalue weighted by atomic mass is 10.1. The molecule has 1 aliphatic heterocycles. The molecular weight excluding hydrogens is 212 g/mol. The van der Waals surface area contributed by atoms with Crippen LogP contribution in [0.5, 0.6) is 0 Å². The molecule has 0 radical (unpaired) electrons. The Labute approximate surface area is 103 Å². The molecule has 17 heavy (non-hydrogen) atoms. The Morgan fingerprint density at radius 1 is 1.35 bits per heavy atom. The van der Waals surface area contributed by atoms with Gasteiger partial charge in [-0.1, -0.05) is 36.9 Å². The zero-order chi connectivity index (χ0) is 11.9. The van der Waals surface area contributed by atoms with Gasteiger partial charge in [-0.2, -0.15) is 0 Å². The van der Waals surface area contributed by atoms with Crippen molar-refractivity contribution in [3.8, 4) is 0 Å². The van der Waals surface area contributed by atoms with Crippen molar-refractivity contribution >= 4 is 6.08 Å². The van der Waals surface area contributed by atoms with Gasteiger partial charge in [-0.25, -0.2) is 0 Å². The molecule has 1 aliphatic rings. The summed E-state index contributed by atoms with van der Waals surface area (Å²) in [4.78, 5) is 0. The molecule has 2 nitrogen and oxygen atoms in total. The Morgan fingerprint density at radius 2 is 2.18 bits per heavy atom. The summed E-state index contributed by atoms with van der Waals surface area (Å²) >= 11 is 0. The highest BCUT2D eigenvalue weighted by molar-refractivity contribution is 5.47. The lowest BCUT2D eigenvalue weighted by molar-refractivity contribution is 0.0109. The largest absolute Gasteiger partial charge is 0.496 e. The summed E-state index contributed by atoms with van der Waals surface area (Å²) in [6.07, 6.45) is 8.01. The molecule has 1 unspecified atom stereocenters. The number of hydrogen-bond donors (Lipinski definition) is 0. The third-order valence-electron chi connectivity index (χ3n) is 2.81. The average Bonchev–Trinajstić information content (AvgIpc) is 2.41. The monoisotopic (exact) mass is 230 g/mol. The van der Waals surface area contributed by atoms with Gasteiger partial charge in [-0.05, 0) is 30.0 Å². The minimum absolute atomic E-state index is 0.215. The van der Waals surface area contributed by atoms with Gasteiger partial charge in [-0.3, -0.25) is 0 Å². The third-order valence-corrected chi connectivity index (χ3v) is 2.81. The standard InChI is InChI=1S/C15H18O2/c1-2-13-6-8-14(9-7-13)11-16-12-15-5-3-4-10-17-15/h2,4,6-10,15H,1,3,5,11-12H2. The number of rotatable bonds is 5. The van der Waals surface area contributed by atoms with E-state index in [9.17, 15) is 0 Å². The number of benzene rings is 1. The molecule has 1 heterocycles. The maximum absolute atomic E-state index is 5.65. The Morgan fingerprint density at radius 3 is 2.82 bits per heavy atom. The SMILES string of the molecule is C=Cc1ccc(COCC2CCC=CO2)cc1. The molecule has 2 heteroatoms. The van der Waals surface area contributed by atoms with Crippen molar-refractivity contribution < 1.29 is 9.47 Å². The highest BCUT2D eigenvalue weighted by atomic mass is 16.5. The minimum Gasteiger partial charge on any atom is -0.496 e. The normalized spacial score (nSPS) is 18.7. The highest BCUT2D eigenvalue weighted by Crippen LogP contribution is 2.12. The number of hydrogen-bond acceptors (Lipinski definition) is 2. The fourth-order valence-electron chi connectivity index (χ4n) is 1.77. The van der Waals surface area contributed by atoms with E-state index < -0.39 is 0 Å². The molecule has 90 valence electrons. The van der Waals surface area contributed by atoms with Crippen LogP contribution in [0.15, 0.2) is 43.2 Å². The molecular formula is C15H18O2. The maximum atomic E-state index is 5.65.